The van der Waals surface area contributed by atoms with Crippen molar-refractivity contribution < 1.29 is 9.18 Å². The van der Waals surface area contributed by atoms with E-state index in [1.54, 1.807) is 12.3 Å². The molecule has 1 unspecified atom stereocenters. The zero-order chi connectivity index (χ0) is 28.9. The first-order valence-electron chi connectivity index (χ1n) is 14.8. The number of aromatic nitrogens is 2. The topological polar surface area (TPSA) is 58.1 Å². The molecule has 212 valence electrons. The minimum Gasteiger partial charge on any atom is -0.370 e. The second-order valence-corrected chi connectivity index (χ2v) is 11.0. The molecule has 1 saturated heterocycles. The van der Waals surface area contributed by atoms with Gasteiger partial charge in [0.1, 0.15) is 11.3 Å². The number of nitrogens with zero attached hydrogens (tertiary/aromatic N) is 3. The highest BCUT2D eigenvalue weighted by atomic mass is 19.1. The summed E-state index contributed by atoms with van der Waals surface area (Å²) in [5.41, 5.74) is 5.39. The van der Waals surface area contributed by atoms with Crippen LogP contribution in [-0.4, -0.2) is 29.0 Å². The van der Waals surface area contributed by atoms with Crippen molar-refractivity contribution in [2.24, 2.45) is 5.92 Å². The number of anilines is 1. The van der Waals surface area contributed by atoms with Crippen LogP contribution in [-0.2, 0) is 6.42 Å². The number of benzene rings is 3. The normalized spacial score (nSPS) is 14.6. The molecule has 0 saturated carbocycles. The summed E-state index contributed by atoms with van der Waals surface area (Å²) in [6, 6.07) is 28.7. The molecule has 6 rings (SSSR count). The molecular weight excluding hydrogens is 523 g/mol. The van der Waals surface area contributed by atoms with E-state index in [4.69, 9.17) is 4.98 Å². The Morgan fingerprint density at radius 2 is 1.69 bits per heavy atom. The first-order chi connectivity index (χ1) is 20.6. The maximum absolute atomic E-state index is 15.3. The third-order valence-electron chi connectivity index (χ3n) is 8.38. The number of carbonyl (C=O) groups excluding carboxylic acids is 1. The Balaban J connectivity index is 1.42. The molecule has 1 fully saturated rings. The molecular formula is C36H35FN4O. The van der Waals surface area contributed by atoms with Crippen LogP contribution in [0.1, 0.15) is 53.7 Å². The second kappa shape index (κ2) is 12.5. The monoisotopic (exact) mass is 558 g/mol. The van der Waals surface area contributed by atoms with Gasteiger partial charge in [-0.05, 0) is 60.9 Å². The van der Waals surface area contributed by atoms with E-state index in [-0.39, 0.29) is 17.5 Å². The second-order valence-electron chi connectivity index (χ2n) is 11.0. The molecule has 1 N–H and O–H groups in total. The lowest BCUT2D eigenvalue weighted by atomic mass is 9.85. The van der Waals surface area contributed by atoms with Crippen LogP contribution < -0.4 is 10.2 Å². The minimum absolute atomic E-state index is 0.161. The van der Waals surface area contributed by atoms with Gasteiger partial charge in [-0.25, -0.2) is 9.37 Å². The number of fused-ring (bicyclic) bond motifs is 1. The first-order valence-corrected chi connectivity index (χ1v) is 14.8. The molecule has 5 aromatic rings. The predicted octanol–water partition coefficient (Wildman–Crippen LogP) is 7.78. The van der Waals surface area contributed by atoms with Crippen LogP contribution in [0, 0.1) is 11.7 Å². The molecule has 6 heteroatoms. The van der Waals surface area contributed by atoms with Crippen molar-refractivity contribution in [3.8, 4) is 11.3 Å². The fourth-order valence-electron chi connectivity index (χ4n) is 6.15. The molecule has 0 spiro atoms. The van der Waals surface area contributed by atoms with Crippen LogP contribution in [0.4, 0.5) is 10.1 Å². The lowest BCUT2D eigenvalue weighted by Gasteiger charge is -2.34. The van der Waals surface area contributed by atoms with E-state index in [0.29, 0.717) is 29.0 Å². The van der Waals surface area contributed by atoms with Gasteiger partial charge >= 0.3 is 0 Å². The third kappa shape index (κ3) is 5.75. The molecule has 42 heavy (non-hydrogen) atoms. The highest BCUT2D eigenvalue weighted by Crippen LogP contribution is 2.36. The highest BCUT2D eigenvalue weighted by molar-refractivity contribution is 6.09. The van der Waals surface area contributed by atoms with Crippen molar-refractivity contribution in [1.82, 2.24) is 15.3 Å². The molecule has 5 nitrogen and oxygen atoms in total. The lowest BCUT2D eigenvalue weighted by molar-refractivity contribution is 0.0936. The van der Waals surface area contributed by atoms with Crippen LogP contribution in [0.15, 0.2) is 103 Å². The van der Waals surface area contributed by atoms with Crippen molar-refractivity contribution >= 4 is 22.5 Å². The number of para-hydroxylation sites is 1. The lowest BCUT2D eigenvalue weighted by Crippen LogP contribution is -2.35. The van der Waals surface area contributed by atoms with Crippen molar-refractivity contribution in [3.05, 3.63) is 126 Å². The van der Waals surface area contributed by atoms with Crippen LogP contribution in [0.5, 0.6) is 0 Å². The van der Waals surface area contributed by atoms with Crippen LogP contribution in [0.25, 0.3) is 22.2 Å². The van der Waals surface area contributed by atoms with E-state index in [0.717, 1.165) is 54.7 Å². The number of carbonyl (C=O) groups is 1. The Labute approximate surface area is 246 Å². The van der Waals surface area contributed by atoms with Crippen LogP contribution in [0.2, 0.25) is 0 Å². The number of halogens is 1. The number of hydrogen-bond donors (Lipinski definition) is 1. The largest absolute Gasteiger partial charge is 0.370 e. The van der Waals surface area contributed by atoms with Gasteiger partial charge < -0.3 is 10.2 Å². The summed E-state index contributed by atoms with van der Waals surface area (Å²) >= 11 is 0. The van der Waals surface area contributed by atoms with E-state index in [2.05, 4.69) is 28.2 Å². The zero-order valence-corrected chi connectivity index (χ0v) is 23.8. The van der Waals surface area contributed by atoms with Gasteiger partial charge in [0.15, 0.2) is 0 Å². The van der Waals surface area contributed by atoms with Crippen molar-refractivity contribution in [3.63, 3.8) is 0 Å². The molecule has 3 aromatic carbocycles. The number of rotatable bonds is 8. The Bertz CT molecular complexity index is 1650. The van der Waals surface area contributed by atoms with E-state index < -0.39 is 5.82 Å². The van der Waals surface area contributed by atoms with E-state index in [1.807, 2.05) is 79.0 Å². The molecule has 1 aliphatic heterocycles. The van der Waals surface area contributed by atoms with Crippen LogP contribution in [0.3, 0.4) is 0 Å². The third-order valence-corrected chi connectivity index (χ3v) is 8.38. The van der Waals surface area contributed by atoms with Gasteiger partial charge in [-0.3, -0.25) is 9.78 Å². The first kappa shape index (κ1) is 27.6. The minimum atomic E-state index is -0.426. The summed E-state index contributed by atoms with van der Waals surface area (Å²) in [6.45, 7) is 3.90. The maximum atomic E-state index is 15.3. The average molecular weight is 559 g/mol. The molecule has 1 atom stereocenters. The number of amides is 1. The standard InChI is InChI=1S/C36H35FN4O/c1-2-32(26-11-5-3-6-12-26)39-36(42)33-29-16-9-17-31(37)35(29)40-34(27-13-7-4-8-14-27)30(33)23-25-18-21-41(22-19-25)28-15-10-20-38-24-28/h3-17,20,24-25,32H,2,18-19,21-23H2,1H3,(H,39,42). The number of piperidine rings is 1. The van der Waals surface area contributed by atoms with Crippen molar-refractivity contribution in [1.29, 1.82) is 0 Å². The van der Waals surface area contributed by atoms with E-state index in [9.17, 15) is 4.79 Å². The predicted molar refractivity (Wildman–Crippen MR) is 167 cm³/mol. The van der Waals surface area contributed by atoms with E-state index in [1.165, 1.54) is 6.07 Å². The number of hydrogen-bond acceptors (Lipinski definition) is 4. The molecule has 1 amide bonds. The van der Waals surface area contributed by atoms with Crippen molar-refractivity contribution in [2.45, 2.75) is 38.6 Å². The maximum Gasteiger partial charge on any atom is 0.252 e. The Kier molecular flexibility index (Phi) is 8.22. The van der Waals surface area contributed by atoms with Gasteiger partial charge in [0.2, 0.25) is 0 Å². The highest BCUT2D eigenvalue weighted by Gasteiger charge is 2.28. The van der Waals surface area contributed by atoms with Crippen LogP contribution >= 0.6 is 0 Å². The number of pyridine rings is 2. The summed E-state index contributed by atoms with van der Waals surface area (Å²) < 4.78 is 15.3. The molecule has 2 aromatic heterocycles. The summed E-state index contributed by atoms with van der Waals surface area (Å²) in [7, 11) is 0. The number of nitrogens with one attached hydrogen (secondary N) is 1. The van der Waals surface area contributed by atoms with Gasteiger partial charge in [0, 0.05) is 30.2 Å². The quantitative estimate of drug-likeness (QED) is 0.211. The molecule has 0 aliphatic carbocycles. The fraction of sp³-hybridized carbons (Fsp3) is 0.250. The zero-order valence-electron chi connectivity index (χ0n) is 23.8. The van der Waals surface area contributed by atoms with Gasteiger partial charge in [-0.2, -0.15) is 0 Å². The summed E-state index contributed by atoms with van der Waals surface area (Å²) in [5, 5.41) is 3.85. The molecule has 1 aliphatic rings. The molecule has 0 radical (unpaired) electrons. The SMILES string of the molecule is CCC(NC(=O)c1c(CC2CCN(c3cccnc3)CC2)c(-c2ccccc2)nc2c(F)cccc12)c1ccccc1. The Morgan fingerprint density at radius 1 is 0.952 bits per heavy atom. The summed E-state index contributed by atoms with van der Waals surface area (Å²) in [4.78, 5) is 25.9. The Hall–Kier alpha value is -4.58. The smallest absolute Gasteiger partial charge is 0.252 e. The Morgan fingerprint density at radius 3 is 2.38 bits per heavy atom. The van der Waals surface area contributed by atoms with E-state index >= 15 is 4.39 Å². The molecule has 0 bridgehead atoms. The molecule has 3 heterocycles. The summed E-state index contributed by atoms with van der Waals surface area (Å²) in [5.74, 6) is -0.260. The van der Waals surface area contributed by atoms with Gasteiger partial charge in [-0.15, -0.1) is 0 Å². The van der Waals surface area contributed by atoms with Gasteiger partial charge in [0.05, 0.1) is 29.2 Å². The fourth-order valence-corrected chi connectivity index (χ4v) is 6.15. The van der Waals surface area contributed by atoms with Gasteiger partial charge in [0.25, 0.3) is 5.91 Å². The van der Waals surface area contributed by atoms with Gasteiger partial charge in [-0.1, -0.05) is 79.7 Å². The average Bonchev–Trinajstić information content (AvgIpc) is 3.05. The summed E-state index contributed by atoms with van der Waals surface area (Å²) in [6.07, 6.45) is 7.09. The van der Waals surface area contributed by atoms with Crippen molar-refractivity contribution in [2.75, 3.05) is 18.0 Å².